The van der Waals surface area contributed by atoms with E-state index in [-0.39, 0.29) is 29.2 Å². The van der Waals surface area contributed by atoms with Gasteiger partial charge in [0.25, 0.3) is 5.56 Å². The highest BCUT2D eigenvalue weighted by Gasteiger charge is 2.28. The van der Waals surface area contributed by atoms with Crippen molar-refractivity contribution in [2.45, 2.75) is 82.7 Å². The van der Waals surface area contributed by atoms with Crippen LogP contribution in [-0.4, -0.2) is 14.2 Å². The standard InChI is InChI=1S/C23H30N2O3/c26-21-20(16-17-10-4-1-5-11-17)22(27)25(19-14-8-3-9-15-19)23(28)24(21)18-12-6-2-7-13-18/h1,4-5,10-11,18-19,26H,2-3,6-9,12-16H2. The number of nitrogens with zero attached hydrogens (tertiary/aromatic N) is 2. The lowest BCUT2D eigenvalue weighted by molar-refractivity contribution is 0.268. The molecule has 1 aromatic heterocycles. The van der Waals surface area contributed by atoms with Gasteiger partial charge in [-0.15, -0.1) is 0 Å². The van der Waals surface area contributed by atoms with Crippen molar-refractivity contribution in [2.24, 2.45) is 0 Å². The molecule has 2 saturated carbocycles. The van der Waals surface area contributed by atoms with Crippen LogP contribution >= 0.6 is 0 Å². The van der Waals surface area contributed by atoms with Gasteiger partial charge in [-0.25, -0.2) is 4.79 Å². The van der Waals surface area contributed by atoms with E-state index < -0.39 is 0 Å². The number of hydrogen-bond donors (Lipinski definition) is 1. The van der Waals surface area contributed by atoms with Gasteiger partial charge in [0.2, 0.25) is 5.88 Å². The van der Waals surface area contributed by atoms with E-state index in [1.54, 1.807) is 4.57 Å². The molecule has 0 aliphatic heterocycles. The molecule has 0 atom stereocenters. The Kier molecular flexibility index (Phi) is 5.69. The third-order valence-electron chi connectivity index (χ3n) is 6.49. The summed E-state index contributed by atoms with van der Waals surface area (Å²) < 4.78 is 3.03. The Morgan fingerprint density at radius 1 is 0.786 bits per heavy atom. The van der Waals surface area contributed by atoms with Crippen molar-refractivity contribution in [3.05, 3.63) is 62.3 Å². The molecule has 0 bridgehead atoms. The van der Waals surface area contributed by atoms with Crippen LogP contribution in [0.3, 0.4) is 0 Å². The first-order chi connectivity index (χ1) is 13.7. The SMILES string of the molecule is O=c1c(Cc2ccccc2)c(O)n(C2CCCCC2)c(=O)n1C1CCCCC1. The summed E-state index contributed by atoms with van der Waals surface area (Å²) in [5.74, 6) is -0.113. The average molecular weight is 383 g/mol. The summed E-state index contributed by atoms with van der Waals surface area (Å²) in [6, 6.07) is 9.67. The number of hydrogen-bond acceptors (Lipinski definition) is 3. The van der Waals surface area contributed by atoms with Gasteiger partial charge in [-0.2, -0.15) is 0 Å². The molecular formula is C23H30N2O3. The smallest absolute Gasteiger partial charge is 0.334 e. The fourth-order valence-electron chi connectivity index (χ4n) is 4.96. The van der Waals surface area contributed by atoms with Crippen molar-refractivity contribution in [3.8, 4) is 5.88 Å². The minimum atomic E-state index is -0.307. The summed E-state index contributed by atoms with van der Waals surface area (Å²) in [6.07, 6.45) is 10.4. The van der Waals surface area contributed by atoms with Crippen molar-refractivity contribution in [3.63, 3.8) is 0 Å². The molecule has 0 unspecified atom stereocenters. The molecule has 0 radical (unpaired) electrons. The summed E-state index contributed by atoms with van der Waals surface area (Å²) in [4.78, 5) is 26.7. The highest BCUT2D eigenvalue weighted by Crippen LogP contribution is 2.32. The van der Waals surface area contributed by atoms with Crippen molar-refractivity contribution in [1.29, 1.82) is 0 Å². The van der Waals surface area contributed by atoms with Gasteiger partial charge in [0.15, 0.2) is 0 Å². The molecule has 2 aliphatic rings. The Balaban J connectivity index is 1.86. The van der Waals surface area contributed by atoms with Crippen molar-refractivity contribution >= 4 is 0 Å². The summed E-state index contributed by atoms with van der Waals surface area (Å²) >= 11 is 0. The molecule has 0 amide bonds. The molecule has 1 N–H and O–H groups in total. The van der Waals surface area contributed by atoms with E-state index in [0.717, 1.165) is 63.4 Å². The largest absolute Gasteiger partial charge is 0.494 e. The molecule has 1 aromatic carbocycles. The highest BCUT2D eigenvalue weighted by atomic mass is 16.3. The lowest BCUT2D eigenvalue weighted by Crippen LogP contribution is -2.45. The zero-order valence-corrected chi connectivity index (χ0v) is 16.5. The van der Waals surface area contributed by atoms with E-state index in [2.05, 4.69) is 0 Å². The molecule has 4 rings (SSSR count). The molecule has 2 fully saturated rings. The summed E-state index contributed by atoms with van der Waals surface area (Å²) in [5.41, 5.74) is 0.726. The van der Waals surface area contributed by atoms with Crippen LogP contribution in [0, 0.1) is 0 Å². The van der Waals surface area contributed by atoms with Gasteiger partial charge in [0, 0.05) is 18.5 Å². The Hall–Kier alpha value is -2.30. The van der Waals surface area contributed by atoms with Crippen LogP contribution in [-0.2, 0) is 6.42 Å². The van der Waals surface area contributed by atoms with Gasteiger partial charge < -0.3 is 5.11 Å². The van der Waals surface area contributed by atoms with Crippen LogP contribution in [0.15, 0.2) is 39.9 Å². The second-order valence-corrected chi connectivity index (χ2v) is 8.38. The highest BCUT2D eigenvalue weighted by molar-refractivity contribution is 5.31. The predicted octanol–water partition coefficient (Wildman–Crippen LogP) is 4.32. The fraction of sp³-hybridized carbons (Fsp3) is 0.565. The summed E-state index contributed by atoms with van der Waals surface area (Å²) in [5, 5.41) is 11.0. The summed E-state index contributed by atoms with van der Waals surface area (Å²) in [6.45, 7) is 0. The van der Waals surface area contributed by atoms with Gasteiger partial charge in [-0.05, 0) is 31.2 Å². The molecule has 0 spiro atoms. The first-order valence-corrected chi connectivity index (χ1v) is 10.8. The maximum absolute atomic E-state index is 13.4. The molecular weight excluding hydrogens is 352 g/mol. The number of rotatable bonds is 4. The van der Waals surface area contributed by atoms with Crippen molar-refractivity contribution in [1.82, 2.24) is 9.13 Å². The molecule has 1 heterocycles. The second kappa shape index (κ2) is 8.38. The Bertz CT molecular complexity index is 917. The van der Waals surface area contributed by atoms with E-state index in [9.17, 15) is 14.7 Å². The van der Waals surface area contributed by atoms with Crippen LogP contribution in [0.4, 0.5) is 0 Å². The van der Waals surface area contributed by atoms with E-state index in [4.69, 9.17) is 0 Å². The molecule has 5 nitrogen and oxygen atoms in total. The topological polar surface area (TPSA) is 64.2 Å². The van der Waals surface area contributed by atoms with Gasteiger partial charge in [0.05, 0.1) is 5.56 Å². The van der Waals surface area contributed by atoms with Gasteiger partial charge in [0.1, 0.15) is 0 Å². The minimum Gasteiger partial charge on any atom is -0.494 e. The third kappa shape index (κ3) is 3.67. The van der Waals surface area contributed by atoms with E-state index in [0.29, 0.717) is 12.0 Å². The van der Waals surface area contributed by atoms with Crippen LogP contribution in [0.2, 0.25) is 0 Å². The molecule has 28 heavy (non-hydrogen) atoms. The Morgan fingerprint density at radius 3 is 1.89 bits per heavy atom. The van der Waals surface area contributed by atoms with Crippen LogP contribution in [0.5, 0.6) is 5.88 Å². The molecule has 2 aromatic rings. The molecule has 150 valence electrons. The number of benzene rings is 1. The van der Waals surface area contributed by atoms with Crippen LogP contribution in [0.1, 0.15) is 87.4 Å². The lowest BCUT2D eigenvalue weighted by Gasteiger charge is -2.29. The van der Waals surface area contributed by atoms with Gasteiger partial charge >= 0.3 is 5.69 Å². The normalized spacial score (nSPS) is 19.0. The van der Waals surface area contributed by atoms with E-state index in [1.807, 2.05) is 30.3 Å². The molecule has 2 aliphatic carbocycles. The van der Waals surface area contributed by atoms with Gasteiger partial charge in [-0.3, -0.25) is 13.9 Å². The summed E-state index contributed by atoms with van der Waals surface area (Å²) in [7, 11) is 0. The van der Waals surface area contributed by atoms with Crippen LogP contribution in [0.25, 0.3) is 0 Å². The fourth-order valence-corrected chi connectivity index (χ4v) is 4.96. The Labute approximate surface area is 165 Å². The lowest BCUT2D eigenvalue weighted by atomic mass is 9.94. The first-order valence-electron chi connectivity index (χ1n) is 10.8. The average Bonchev–Trinajstić information content (AvgIpc) is 2.74. The monoisotopic (exact) mass is 382 g/mol. The van der Waals surface area contributed by atoms with E-state index in [1.165, 1.54) is 11.0 Å². The zero-order chi connectivity index (χ0) is 19.5. The molecule has 5 heteroatoms. The quantitative estimate of drug-likeness (QED) is 0.857. The Morgan fingerprint density at radius 2 is 1.32 bits per heavy atom. The van der Waals surface area contributed by atoms with Crippen molar-refractivity contribution < 1.29 is 5.11 Å². The maximum atomic E-state index is 13.4. The first kappa shape index (κ1) is 19.0. The third-order valence-corrected chi connectivity index (χ3v) is 6.49. The second-order valence-electron chi connectivity index (χ2n) is 8.38. The molecule has 0 saturated heterocycles. The van der Waals surface area contributed by atoms with Crippen LogP contribution < -0.4 is 11.2 Å². The zero-order valence-electron chi connectivity index (χ0n) is 16.5. The maximum Gasteiger partial charge on any atom is 0.334 e. The van der Waals surface area contributed by atoms with Gasteiger partial charge in [-0.1, -0.05) is 68.9 Å². The van der Waals surface area contributed by atoms with E-state index >= 15 is 0 Å². The number of aromatic nitrogens is 2. The predicted molar refractivity (Wildman–Crippen MR) is 110 cm³/mol. The van der Waals surface area contributed by atoms with Crippen molar-refractivity contribution in [2.75, 3.05) is 0 Å². The number of aromatic hydroxyl groups is 1. The minimum absolute atomic E-state index is 0.00814.